The molecule has 16 heavy (non-hydrogen) atoms. The van der Waals surface area contributed by atoms with Gasteiger partial charge in [0.25, 0.3) is 0 Å². The van der Waals surface area contributed by atoms with E-state index in [9.17, 15) is 4.79 Å². The molecular formula is C12H16ClNO2. The molecule has 0 amide bonds. The standard InChI is InChI=1S/C12H16ClNO2/c1-4-16-12(15)11(8(2)3)9-5-6-14-10(13)7-9/h5-8,11H,4H2,1-3H3. The summed E-state index contributed by atoms with van der Waals surface area (Å²) in [5.74, 6) is -0.322. The van der Waals surface area contributed by atoms with Gasteiger partial charge in [-0.25, -0.2) is 4.98 Å². The fourth-order valence-corrected chi connectivity index (χ4v) is 1.82. The lowest BCUT2D eigenvalue weighted by Gasteiger charge is -2.19. The molecular weight excluding hydrogens is 226 g/mol. The van der Waals surface area contributed by atoms with Crippen molar-refractivity contribution < 1.29 is 9.53 Å². The maximum Gasteiger partial charge on any atom is 0.313 e. The summed E-state index contributed by atoms with van der Waals surface area (Å²) in [4.78, 5) is 15.7. The Hall–Kier alpha value is -1.09. The fourth-order valence-electron chi connectivity index (χ4n) is 1.64. The Morgan fingerprint density at radius 1 is 1.56 bits per heavy atom. The zero-order valence-corrected chi connectivity index (χ0v) is 10.5. The molecule has 0 saturated heterocycles. The van der Waals surface area contributed by atoms with E-state index in [-0.39, 0.29) is 17.8 Å². The molecule has 0 bridgehead atoms. The highest BCUT2D eigenvalue weighted by atomic mass is 35.5. The number of esters is 1. The predicted molar refractivity (Wildman–Crippen MR) is 63.5 cm³/mol. The van der Waals surface area contributed by atoms with Crippen molar-refractivity contribution >= 4 is 17.6 Å². The molecule has 3 nitrogen and oxygen atoms in total. The average Bonchev–Trinajstić information content (AvgIpc) is 2.17. The van der Waals surface area contributed by atoms with Gasteiger partial charge in [-0.05, 0) is 30.5 Å². The summed E-state index contributed by atoms with van der Waals surface area (Å²) in [6, 6.07) is 3.51. The average molecular weight is 242 g/mol. The number of nitrogens with zero attached hydrogens (tertiary/aromatic N) is 1. The molecule has 4 heteroatoms. The van der Waals surface area contributed by atoms with Crippen LogP contribution < -0.4 is 0 Å². The number of pyridine rings is 1. The van der Waals surface area contributed by atoms with Gasteiger partial charge in [0.15, 0.2) is 0 Å². The molecule has 1 heterocycles. The van der Waals surface area contributed by atoms with E-state index in [0.717, 1.165) is 5.56 Å². The van der Waals surface area contributed by atoms with E-state index in [0.29, 0.717) is 11.8 Å². The first-order valence-corrected chi connectivity index (χ1v) is 5.72. The molecule has 0 aliphatic heterocycles. The van der Waals surface area contributed by atoms with Gasteiger partial charge in [-0.3, -0.25) is 4.79 Å². The van der Waals surface area contributed by atoms with Gasteiger partial charge >= 0.3 is 5.97 Å². The summed E-state index contributed by atoms with van der Waals surface area (Å²) >= 11 is 5.81. The Labute approximate surface area is 101 Å². The molecule has 0 fully saturated rings. The first-order chi connectivity index (χ1) is 7.56. The van der Waals surface area contributed by atoms with Crippen LogP contribution in [0, 0.1) is 5.92 Å². The minimum atomic E-state index is -0.277. The Morgan fingerprint density at radius 3 is 2.75 bits per heavy atom. The van der Waals surface area contributed by atoms with E-state index in [4.69, 9.17) is 16.3 Å². The number of rotatable bonds is 4. The lowest BCUT2D eigenvalue weighted by Crippen LogP contribution is -2.20. The molecule has 0 spiro atoms. The maximum absolute atomic E-state index is 11.8. The molecule has 88 valence electrons. The summed E-state index contributed by atoms with van der Waals surface area (Å²) in [6.07, 6.45) is 1.60. The summed E-state index contributed by atoms with van der Waals surface area (Å²) in [7, 11) is 0. The van der Waals surface area contributed by atoms with Crippen LogP contribution in [0.4, 0.5) is 0 Å². The van der Waals surface area contributed by atoms with Gasteiger partial charge in [-0.15, -0.1) is 0 Å². The van der Waals surface area contributed by atoms with Gasteiger partial charge in [0, 0.05) is 6.20 Å². The Bertz CT molecular complexity index is 366. The number of halogens is 1. The van der Waals surface area contributed by atoms with Gasteiger partial charge in [-0.1, -0.05) is 25.4 Å². The number of ether oxygens (including phenoxy) is 1. The first kappa shape index (κ1) is 13.0. The Kier molecular flexibility index (Phi) is 4.74. The van der Waals surface area contributed by atoms with Crippen molar-refractivity contribution in [2.24, 2.45) is 5.92 Å². The summed E-state index contributed by atoms with van der Waals surface area (Å²) in [6.45, 7) is 6.15. The highest BCUT2D eigenvalue weighted by Crippen LogP contribution is 2.26. The molecule has 0 aliphatic rings. The monoisotopic (exact) mass is 241 g/mol. The minimum absolute atomic E-state index is 0.164. The second-order valence-corrected chi connectivity index (χ2v) is 4.27. The molecule has 0 saturated carbocycles. The zero-order valence-electron chi connectivity index (χ0n) is 9.74. The second kappa shape index (κ2) is 5.85. The van der Waals surface area contributed by atoms with Crippen molar-refractivity contribution in [1.29, 1.82) is 0 Å². The molecule has 1 aromatic rings. The van der Waals surface area contributed by atoms with Gasteiger partial charge in [-0.2, -0.15) is 0 Å². The zero-order chi connectivity index (χ0) is 12.1. The van der Waals surface area contributed by atoms with Crippen molar-refractivity contribution in [2.45, 2.75) is 26.7 Å². The normalized spacial score (nSPS) is 12.6. The van der Waals surface area contributed by atoms with Crippen molar-refractivity contribution in [1.82, 2.24) is 4.98 Å². The van der Waals surface area contributed by atoms with Gasteiger partial charge in [0.05, 0.1) is 12.5 Å². The van der Waals surface area contributed by atoms with E-state index in [1.54, 1.807) is 25.3 Å². The third kappa shape index (κ3) is 3.20. The van der Waals surface area contributed by atoms with Crippen LogP contribution in [0.3, 0.4) is 0 Å². The van der Waals surface area contributed by atoms with Crippen LogP contribution in [0.25, 0.3) is 0 Å². The van der Waals surface area contributed by atoms with Crippen LogP contribution in [0.5, 0.6) is 0 Å². The molecule has 1 rings (SSSR count). The largest absolute Gasteiger partial charge is 0.466 e. The molecule has 0 aliphatic carbocycles. The Balaban J connectivity index is 2.98. The molecule has 0 N–H and O–H groups in total. The van der Waals surface area contributed by atoms with Crippen LogP contribution in [-0.4, -0.2) is 17.6 Å². The highest BCUT2D eigenvalue weighted by molar-refractivity contribution is 6.29. The van der Waals surface area contributed by atoms with E-state index in [1.165, 1.54) is 0 Å². The van der Waals surface area contributed by atoms with Crippen LogP contribution in [0.15, 0.2) is 18.3 Å². The number of aromatic nitrogens is 1. The maximum atomic E-state index is 11.8. The highest BCUT2D eigenvalue weighted by Gasteiger charge is 2.25. The second-order valence-electron chi connectivity index (χ2n) is 3.89. The van der Waals surface area contributed by atoms with Crippen molar-refractivity contribution in [3.63, 3.8) is 0 Å². The minimum Gasteiger partial charge on any atom is -0.466 e. The smallest absolute Gasteiger partial charge is 0.313 e. The number of hydrogen-bond acceptors (Lipinski definition) is 3. The molecule has 0 aromatic carbocycles. The molecule has 1 atom stereocenters. The van der Waals surface area contributed by atoms with Crippen LogP contribution in [0.1, 0.15) is 32.3 Å². The number of carbonyl (C=O) groups is 1. The van der Waals surface area contributed by atoms with Gasteiger partial charge in [0.1, 0.15) is 5.15 Å². The van der Waals surface area contributed by atoms with Crippen molar-refractivity contribution in [3.05, 3.63) is 29.0 Å². The molecule has 1 unspecified atom stereocenters. The lowest BCUT2D eigenvalue weighted by molar-refractivity contribution is -0.146. The third-order valence-corrected chi connectivity index (χ3v) is 2.52. The van der Waals surface area contributed by atoms with E-state index >= 15 is 0 Å². The fraction of sp³-hybridized carbons (Fsp3) is 0.500. The molecule has 0 radical (unpaired) electrons. The third-order valence-electron chi connectivity index (χ3n) is 2.32. The summed E-state index contributed by atoms with van der Waals surface area (Å²) < 4.78 is 5.06. The van der Waals surface area contributed by atoms with E-state index < -0.39 is 0 Å². The lowest BCUT2D eigenvalue weighted by atomic mass is 9.89. The Morgan fingerprint density at radius 2 is 2.25 bits per heavy atom. The summed E-state index contributed by atoms with van der Waals surface area (Å²) in [5, 5.41) is 0.396. The van der Waals surface area contributed by atoms with Crippen LogP contribution in [0.2, 0.25) is 5.15 Å². The van der Waals surface area contributed by atoms with Crippen LogP contribution in [-0.2, 0) is 9.53 Å². The SMILES string of the molecule is CCOC(=O)C(c1ccnc(Cl)c1)C(C)C. The topological polar surface area (TPSA) is 39.2 Å². The first-order valence-electron chi connectivity index (χ1n) is 5.34. The number of carbonyl (C=O) groups excluding carboxylic acids is 1. The van der Waals surface area contributed by atoms with E-state index in [2.05, 4.69) is 4.98 Å². The quantitative estimate of drug-likeness (QED) is 0.601. The van der Waals surface area contributed by atoms with Gasteiger partial charge < -0.3 is 4.74 Å². The van der Waals surface area contributed by atoms with E-state index in [1.807, 2.05) is 13.8 Å². The van der Waals surface area contributed by atoms with Gasteiger partial charge in [0.2, 0.25) is 0 Å². The summed E-state index contributed by atoms with van der Waals surface area (Å²) in [5.41, 5.74) is 0.855. The van der Waals surface area contributed by atoms with Crippen molar-refractivity contribution in [2.75, 3.05) is 6.61 Å². The number of hydrogen-bond donors (Lipinski definition) is 0. The van der Waals surface area contributed by atoms with Crippen molar-refractivity contribution in [3.8, 4) is 0 Å². The van der Waals surface area contributed by atoms with Crippen LogP contribution >= 0.6 is 11.6 Å². The molecule has 1 aromatic heterocycles. The predicted octanol–water partition coefficient (Wildman–Crippen LogP) is 3.04.